The second-order valence-corrected chi connectivity index (χ2v) is 4.91. The number of hydrogen-bond donors (Lipinski definition) is 2. The van der Waals surface area contributed by atoms with E-state index >= 15 is 0 Å². The lowest BCUT2D eigenvalue weighted by molar-refractivity contribution is 0.0945. The second kappa shape index (κ2) is 7.38. The summed E-state index contributed by atoms with van der Waals surface area (Å²) in [5.41, 5.74) is 2.23. The Labute approximate surface area is 123 Å². The summed E-state index contributed by atoms with van der Waals surface area (Å²) in [7, 11) is 0. The molecule has 0 aliphatic rings. The quantitative estimate of drug-likeness (QED) is 0.853. The van der Waals surface area contributed by atoms with Crippen LogP contribution in [-0.4, -0.2) is 16.1 Å². The van der Waals surface area contributed by atoms with Crippen LogP contribution in [0, 0.1) is 0 Å². The Balaban J connectivity index is 1.89. The summed E-state index contributed by atoms with van der Waals surface area (Å²) in [5, 5.41) is 8.70. The molecule has 0 fully saturated rings. The van der Waals surface area contributed by atoms with Crippen molar-refractivity contribution >= 4 is 5.91 Å². The van der Waals surface area contributed by atoms with Gasteiger partial charge in [0.25, 0.3) is 11.5 Å². The summed E-state index contributed by atoms with van der Waals surface area (Å²) in [6.45, 7) is 2.61. The minimum absolute atomic E-state index is 0.203. The standard InChI is InChI=1S/C16H19N3O2/c1-2-3-4-12-5-7-13(8-6-12)11-17-16(21)14-9-10-15(20)19-18-14/h5-10H,2-4,11H2,1H3,(H,17,21)(H,19,20). The lowest BCUT2D eigenvalue weighted by Crippen LogP contribution is -2.25. The first-order valence-electron chi connectivity index (χ1n) is 7.11. The average molecular weight is 285 g/mol. The topological polar surface area (TPSA) is 74.8 Å². The summed E-state index contributed by atoms with van der Waals surface area (Å²) < 4.78 is 0. The highest BCUT2D eigenvalue weighted by molar-refractivity contribution is 5.91. The Morgan fingerprint density at radius 3 is 2.48 bits per heavy atom. The highest BCUT2D eigenvalue weighted by atomic mass is 16.2. The number of nitrogens with zero attached hydrogens (tertiary/aromatic N) is 1. The maximum atomic E-state index is 11.8. The number of carbonyl (C=O) groups is 1. The molecule has 1 aromatic heterocycles. The monoisotopic (exact) mass is 285 g/mol. The lowest BCUT2D eigenvalue weighted by atomic mass is 10.1. The van der Waals surface area contributed by atoms with E-state index < -0.39 is 0 Å². The molecule has 110 valence electrons. The van der Waals surface area contributed by atoms with Crippen LogP contribution in [0.25, 0.3) is 0 Å². The molecule has 1 amide bonds. The maximum absolute atomic E-state index is 11.8. The number of unbranched alkanes of at least 4 members (excludes halogenated alkanes) is 1. The van der Waals surface area contributed by atoms with Gasteiger partial charge >= 0.3 is 0 Å². The zero-order valence-corrected chi connectivity index (χ0v) is 12.1. The van der Waals surface area contributed by atoms with Crippen molar-refractivity contribution in [2.75, 3.05) is 0 Å². The van der Waals surface area contributed by atoms with Crippen LogP contribution < -0.4 is 10.9 Å². The van der Waals surface area contributed by atoms with Gasteiger partial charge in [-0.2, -0.15) is 5.10 Å². The molecular weight excluding hydrogens is 266 g/mol. The van der Waals surface area contributed by atoms with Crippen molar-refractivity contribution < 1.29 is 4.79 Å². The number of aryl methyl sites for hydroxylation is 1. The van der Waals surface area contributed by atoms with Gasteiger partial charge in [-0.05, 0) is 30.0 Å². The normalized spacial score (nSPS) is 10.3. The Morgan fingerprint density at radius 2 is 1.86 bits per heavy atom. The summed E-state index contributed by atoms with van der Waals surface area (Å²) >= 11 is 0. The summed E-state index contributed by atoms with van der Waals surface area (Å²) in [6.07, 6.45) is 3.46. The zero-order chi connectivity index (χ0) is 15.1. The number of benzene rings is 1. The van der Waals surface area contributed by atoms with Gasteiger partial charge in [-0.25, -0.2) is 5.10 Å². The van der Waals surface area contributed by atoms with Crippen LogP contribution in [0.5, 0.6) is 0 Å². The van der Waals surface area contributed by atoms with E-state index in [1.54, 1.807) is 0 Å². The van der Waals surface area contributed by atoms with E-state index in [0.29, 0.717) is 6.54 Å². The molecule has 0 spiro atoms. The molecule has 0 saturated carbocycles. The van der Waals surface area contributed by atoms with Gasteiger partial charge in [-0.15, -0.1) is 0 Å². The van der Waals surface area contributed by atoms with Crippen molar-refractivity contribution in [3.8, 4) is 0 Å². The second-order valence-electron chi connectivity index (χ2n) is 4.91. The number of H-pyrrole nitrogens is 1. The van der Waals surface area contributed by atoms with Crippen molar-refractivity contribution in [3.63, 3.8) is 0 Å². The van der Waals surface area contributed by atoms with E-state index in [4.69, 9.17) is 0 Å². The van der Waals surface area contributed by atoms with Gasteiger partial charge in [0, 0.05) is 12.6 Å². The van der Waals surface area contributed by atoms with Crippen molar-refractivity contribution in [2.24, 2.45) is 0 Å². The number of carbonyl (C=O) groups excluding carboxylic acids is 1. The summed E-state index contributed by atoms with van der Waals surface area (Å²) in [4.78, 5) is 22.7. The Morgan fingerprint density at radius 1 is 1.14 bits per heavy atom. The number of aromatic nitrogens is 2. The van der Waals surface area contributed by atoms with E-state index in [2.05, 4.69) is 34.6 Å². The van der Waals surface area contributed by atoms with Gasteiger partial charge in [0.15, 0.2) is 0 Å². The molecule has 2 aromatic rings. The van der Waals surface area contributed by atoms with Crippen LogP contribution in [-0.2, 0) is 13.0 Å². The average Bonchev–Trinajstić information content (AvgIpc) is 2.52. The molecule has 21 heavy (non-hydrogen) atoms. The SMILES string of the molecule is CCCCc1ccc(CNC(=O)c2ccc(=O)[nH]n2)cc1. The van der Waals surface area contributed by atoms with E-state index in [-0.39, 0.29) is 17.2 Å². The third-order valence-electron chi connectivity index (χ3n) is 3.21. The number of rotatable bonds is 6. The number of amides is 1. The van der Waals surface area contributed by atoms with Crippen LogP contribution in [0.15, 0.2) is 41.2 Å². The molecular formula is C16H19N3O2. The molecule has 0 radical (unpaired) electrons. The largest absolute Gasteiger partial charge is 0.347 e. The van der Waals surface area contributed by atoms with Gasteiger partial charge in [0.2, 0.25) is 0 Å². The molecule has 0 bridgehead atoms. The molecule has 2 rings (SSSR count). The molecule has 0 atom stereocenters. The number of hydrogen-bond acceptors (Lipinski definition) is 3. The third-order valence-corrected chi connectivity index (χ3v) is 3.21. The van der Waals surface area contributed by atoms with E-state index in [1.807, 2.05) is 12.1 Å². The number of nitrogens with one attached hydrogen (secondary N) is 2. The summed E-state index contributed by atoms with van der Waals surface area (Å²) in [5.74, 6) is -0.304. The molecule has 0 unspecified atom stereocenters. The van der Waals surface area contributed by atoms with Crippen LogP contribution in [0.1, 0.15) is 41.4 Å². The number of aromatic amines is 1. The van der Waals surface area contributed by atoms with Crippen molar-refractivity contribution in [1.29, 1.82) is 0 Å². The van der Waals surface area contributed by atoms with E-state index in [1.165, 1.54) is 30.5 Å². The van der Waals surface area contributed by atoms with Gasteiger partial charge in [-0.3, -0.25) is 9.59 Å². The molecule has 0 aliphatic heterocycles. The Kier molecular flexibility index (Phi) is 5.26. The van der Waals surface area contributed by atoms with Crippen LogP contribution in [0.3, 0.4) is 0 Å². The first-order valence-corrected chi connectivity index (χ1v) is 7.11. The first kappa shape index (κ1) is 15.0. The summed E-state index contributed by atoms with van der Waals surface area (Å²) in [6, 6.07) is 10.9. The first-order chi connectivity index (χ1) is 10.2. The fourth-order valence-corrected chi connectivity index (χ4v) is 1.95. The molecule has 5 heteroatoms. The molecule has 2 N–H and O–H groups in total. The zero-order valence-electron chi connectivity index (χ0n) is 12.1. The van der Waals surface area contributed by atoms with Crippen LogP contribution in [0.2, 0.25) is 0 Å². The maximum Gasteiger partial charge on any atom is 0.271 e. The van der Waals surface area contributed by atoms with E-state index in [9.17, 15) is 9.59 Å². The van der Waals surface area contributed by atoms with Crippen molar-refractivity contribution in [2.45, 2.75) is 32.7 Å². The molecule has 5 nitrogen and oxygen atoms in total. The molecule has 1 heterocycles. The minimum atomic E-state index is -0.325. The fourth-order valence-electron chi connectivity index (χ4n) is 1.95. The van der Waals surface area contributed by atoms with Gasteiger partial charge < -0.3 is 5.32 Å². The van der Waals surface area contributed by atoms with Crippen molar-refractivity contribution in [3.05, 3.63) is 63.6 Å². The highest BCUT2D eigenvalue weighted by Gasteiger charge is 2.06. The van der Waals surface area contributed by atoms with Crippen molar-refractivity contribution in [1.82, 2.24) is 15.5 Å². The third kappa shape index (κ3) is 4.56. The minimum Gasteiger partial charge on any atom is -0.347 e. The van der Waals surface area contributed by atoms with E-state index in [0.717, 1.165) is 12.0 Å². The van der Waals surface area contributed by atoms with Crippen LogP contribution >= 0.6 is 0 Å². The lowest BCUT2D eigenvalue weighted by Gasteiger charge is -2.06. The molecule has 0 saturated heterocycles. The van der Waals surface area contributed by atoms with Gasteiger partial charge in [0.05, 0.1) is 0 Å². The predicted molar refractivity (Wildman–Crippen MR) is 81.1 cm³/mol. The smallest absolute Gasteiger partial charge is 0.271 e. The van der Waals surface area contributed by atoms with Gasteiger partial charge in [-0.1, -0.05) is 37.6 Å². The fraction of sp³-hybridized carbons (Fsp3) is 0.312. The molecule has 1 aromatic carbocycles. The highest BCUT2D eigenvalue weighted by Crippen LogP contribution is 2.08. The predicted octanol–water partition coefficient (Wildman–Crippen LogP) is 2.04. The Hall–Kier alpha value is -2.43. The Bertz CT molecular complexity index is 627. The van der Waals surface area contributed by atoms with Crippen LogP contribution in [0.4, 0.5) is 0 Å². The van der Waals surface area contributed by atoms with Gasteiger partial charge in [0.1, 0.15) is 5.69 Å². The molecule has 0 aliphatic carbocycles.